The number of pyridine rings is 1. The molecule has 9 nitrogen and oxygen atoms in total. The van der Waals surface area contributed by atoms with E-state index in [-0.39, 0.29) is 22.1 Å². The molecule has 0 radical (unpaired) electrons. The molecule has 1 saturated heterocycles. The maximum atomic E-state index is 13.0. The highest BCUT2D eigenvalue weighted by atomic mass is 35.5. The van der Waals surface area contributed by atoms with Crippen molar-refractivity contribution in [2.75, 3.05) is 30.9 Å². The third kappa shape index (κ3) is 4.62. The summed E-state index contributed by atoms with van der Waals surface area (Å²) < 4.78 is 27.0. The van der Waals surface area contributed by atoms with Crippen molar-refractivity contribution in [1.29, 1.82) is 0 Å². The van der Waals surface area contributed by atoms with Crippen molar-refractivity contribution < 1.29 is 23.1 Å². The van der Waals surface area contributed by atoms with Gasteiger partial charge in [-0.2, -0.15) is 0 Å². The number of aromatic nitrogens is 1. The summed E-state index contributed by atoms with van der Waals surface area (Å²) in [5, 5.41) is 9.97. The lowest BCUT2D eigenvalue weighted by Gasteiger charge is -2.36. The predicted octanol–water partition coefficient (Wildman–Crippen LogP) is 2.12. The van der Waals surface area contributed by atoms with Gasteiger partial charge in [0.1, 0.15) is 5.60 Å². The molecular formula is C23H25ClN4O5S. The van der Waals surface area contributed by atoms with Gasteiger partial charge in [0.05, 0.1) is 27.7 Å². The van der Waals surface area contributed by atoms with E-state index in [0.717, 1.165) is 0 Å². The minimum absolute atomic E-state index is 0.224. The number of halogens is 1. The van der Waals surface area contributed by atoms with Crippen LogP contribution >= 0.6 is 11.6 Å². The van der Waals surface area contributed by atoms with Gasteiger partial charge in [-0.15, -0.1) is 0 Å². The van der Waals surface area contributed by atoms with E-state index in [0.29, 0.717) is 74.2 Å². The number of nitrogens with one attached hydrogen (secondary N) is 1. The van der Waals surface area contributed by atoms with Crippen LogP contribution in [0.3, 0.4) is 0 Å². The van der Waals surface area contributed by atoms with E-state index >= 15 is 0 Å². The summed E-state index contributed by atoms with van der Waals surface area (Å²) in [6.45, 7) is 1.48. The summed E-state index contributed by atoms with van der Waals surface area (Å²) in [7, 11) is -3.40. The molecule has 1 aromatic carbocycles. The second kappa shape index (κ2) is 8.51. The number of carbonyl (C=O) groups excluding carboxylic acids is 2. The molecule has 0 spiro atoms. The van der Waals surface area contributed by atoms with Gasteiger partial charge in [-0.05, 0) is 49.4 Å². The number of carbonyl (C=O) groups is 2. The molecule has 2 amide bonds. The first kappa shape index (κ1) is 23.1. The zero-order valence-corrected chi connectivity index (χ0v) is 20.0. The highest BCUT2D eigenvalue weighted by Crippen LogP contribution is 2.37. The van der Waals surface area contributed by atoms with Crippen molar-refractivity contribution >= 4 is 39.1 Å². The van der Waals surface area contributed by atoms with Crippen molar-refractivity contribution in [1.82, 2.24) is 14.8 Å². The molecule has 0 unspecified atom stereocenters. The summed E-state index contributed by atoms with van der Waals surface area (Å²) in [5.41, 5.74) is 0.903. The van der Waals surface area contributed by atoms with Gasteiger partial charge >= 0.3 is 0 Å². The van der Waals surface area contributed by atoms with Gasteiger partial charge in [0.25, 0.3) is 11.8 Å². The van der Waals surface area contributed by atoms with Crippen LogP contribution in [0.1, 0.15) is 36.0 Å². The average molecular weight is 505 g/mol. The van der Waals surface area contributed by atoms with Crippen LogP contribution in [0.2, 0.25) is 5.02 Å². The van der Waals surface area contributed by atoms with E-state index in [1.54, 1.807) is 40.3 Å². The Bertz CT molecular complexity index is 1250. The largest absolute Gasteiger partial charge is 0.380 e. The third-order valence-corrected chi connectivity index (χ3v) is 8.65. The van der Waals surface area contributed by atoms with Gasteiger partial charge < -0.3 is 14.9 Å². The highest BCUT2D eigenvalue weighted by molar-refractivity contribution is 7.93. The molecule has 3 aliphatic rings. The number of amides is 2. The van der Waals surface area contributed by atoms with E-state index in [4.69, 9.17) is 11.6 Å². The van der Waals surface area contributed by atoms with Gasteiger partial charge in [0.15, 0.2) is 0 Å². The highest BCUT2D eigenvalue weighted by Gasteiger charge is 2.50. The topological polar surface area (TPSA) is 120 Å². The van der Waals surface area contributed by atoms with E-state index in [9.17, 15) is 23.1 Å². The normalized spacial score (nSPS) is 19.6. The zero-order chi connectivity index (χ0) is 24.1. The minimum atomic E-state index is -3.40. The molecular weight excluding hydrogens is 480 g/mol. The molecule has 2 N–H and O–H groups in total. The molecule has 2 aliphatic carbocycles. The van der Waals surface area contributed by atoms with Crippen molar-refractivity contribution in [3.8, 4) is 11.1 Å². The van der Waals surface area contributed by atoms with E-state index in [1.807, 2.05) is 0 Å². The minimum Gasteiger partial charge on any atom is -0.380 e. The number of sulfonamides is 1. The Morgan fingerprint density at radius 1 is 1.03 bits per heavy atom. The fraction of sp³-hybridized carbons (Fsp3) is 0.435. The predicted molar refractivity (Wildman–Crippen MR) is 127 cm³/mol. The molecule has 1 aliphatic heterocycles. The van der Waals surface area contributed by atoms with Gasteiger partial charge in [-0.25, -0.2) is 8.42 Å². The summed E-state index contributed by atoms with van der Waals surface area (Å²) >= 11 is 6.46. The van der Waals surface area contributed by atoms with Gasteiger partial charge in [-0.3, -0.25) is 19.3 Å². The number of rotatable bonds is 6. The lowest BCUT2D eigenvalue weighted by atomic mass is 10.0. The second-order valence-corrected chi connectivity index (χ2v) is 11.5. The van der Waals surface area contributed by atoms with Crippen molar-refractivity contribution in [2.45, 2.75) is 36.5 Å². The van der Waals surface area contributed by atoms with Crippen molar-refractivity contribution in [3.05, 3.63) is 47.2 Å². The Labute approximate surface area is 202 Å². The number of piperazine rings is 1. The average Bonchev–Trinajstić information content (AvgIpc) is 3.74. The Morgan fingerprint density at radius 3 is 2.32 bits per heavy atom. The zero-order valence-electron chi connectivity index (χ0n) is 18.4. The Hall–Kier alpha value is -2.69. The van der Waals surface area contributed by atoms with E-state index in [2.05, 4.69) is 9.71 Å². The van der Waals surface area contributed by atoms with Gasteiger partial charge in [0, 0.05) is 37.9 Å². The maximum absolute atomic E-state index is 13.0. The Balaban J connectivity index is 1.26. The third-order valence-electron chi connectivity index (χ3n) is 6.47. The SMILES string of the molecule is O=C(c1ccc(-c2cncc(NS(=O)(=O)C3CC3)c2)cc1Cl)N1CCN(C(=O)C2(O)CC2)CC1. The van der Waals surface area contributed by atoms with Crippen LogP contribution < -0.4 is 4.72 Å². The molecule has 34 heavy (non-hydrogen) atoms. The molecule has 5 rings (SSSR count). The van der Waals surface area contributed by atoms with E-state index in [1.165, 1.54) is 6.20 Å². The number of benzene rings is 1. The molecule has 2 saturated carbocycles. The molecule has 3 fully saturated rings. The fourth-order valence-corrected chi connectivity index (χ4v) is 5.68. The molecule has 0 atom stereocenters. The monoisotopic (exact) mass is 504 g/mol. The van der Waals surface area contributed by atoms with Crippen LogP contribution in [-0.2, 0) is 14.8 Å². The van der Waals surface area contributed by atoms with Crippen LogP contribution in [0.15, 0.2) is 36.7 Å². The number of nitrogens with zero attached hydrogens (tertiary/aromatic N) is 3. The summed E-state index contributed by atoms with van der Waals surface area (Å²) in [6, 6.07) is 6.74. The molecule has 180 valence electrons. The summed E-state index contributed by atoms with van der Waals surface area (Å²) in [5.74, 6) is -0.477. The van der Waals surface area contributed by atoms with E-state index < -0.39 is 15.6 Å². The second-order valence-electron chi connectivity index (χ2n) is 9.12. The lowest BCUT2D eigenvalue weighted by Crippen LogP contribution is -2.53. The smallest absolute Gasteiger partial charge is 0.255 e. The lowest BCUT2D eigenvalue weighted by molar-refractivity contribution is -0.143. The summed E-state index contributed by atoms with van der Waals surface area (Å²) in [4.78, 5) is 32.7. The number of aliphatic hydroxyl groups is 1. The van der Waals surface area contributed by atoms with Crippen molar-refractivity contribution in [3.63, 3.8) is 0 Å². The maximum Gasteiger partial charge on any atom is 0.255 e. The quantitative estimate of drug-likeness (QED) is 0.621. The number of anilines is 1. The standard InChI is InChI=1S/C23H25ClN4O5S/c24-20-12-15(16-11-17(14-25-13-16)26-34(32,33)18-2-3-18)1-4-19(20)21(29)27-7-9-28(10-8-27)22(30)23(31)5-6-23/h1,4,11-14,18,26,31H,2-3,5-10H2. The molecule has 0 bridgehead atoms. The molecule has 2 heterocycles. The Kier molecular flexibility index (Phi) is 5.78. The van der Waals surface area contributed by atoms with Crippen LogP contribution in [-0.4, -0.2) is 77.2 Å². The number of hydrogen-bond donors (Lipinski definition) is 2. The van der Waals surface area contributed by atoms with Gasteiger partial charge in [-0.1, -0.05) is 17.7 Å². The first-order valence-corrected chi connectivity index (χ1v) is 13.2. The molecule has 11 heteroatoms. The first-order chi connectivity index (χ1) is 16.2. The van der Waals surface area contributed by atoms with Crippen LogP contribution in [0.25, 0.3) is 11.1 Å². The molecule has 1 aromatic heterocycles. The fourth-order valence-electron chi connectivity index (χ4n) is 4.06. The van der Waals surface area contributed by atoms with Crippen molar-refractivity contribution in [2.24, 2.45) is 0 Å². The molecule has 2 aromatic rings. The van der Waals surface area contributed by atoms with Gasteiger partial charge in [0.2, 0.25) is 10.0 Å². The van der Waals surface area contributed by atoms with Crippen LogP contribution in [0.5, 0.6) is 0 Å². The number of hydrogen-bond acceptors (Lipinski definition) is 6. The van der Waals surface area contributed by atoms with Crippen LogP contribution in [0.4, 0.5) is 5.69 Å². The Morgan fingerprint density at radius 2 is 1.71 bits per heavy atom. The summed E-state index contributed by atoms with van der Waals surface area (Å²) in [6.07, 6.45) is 5.39. The first-order valence-electron chi connectivity index (χ1n) is 11.2. The van der Waals surface area contributed by atoms with Crippen LogP contribution in [0, 0.1) is 0 Å².